The van der Waals surface area contributed by atoms with Crippen LogP contribution in [0.4, 0.5) is 11.4 Å². The SMILES string of the molecule is CCOC1CC(c2ccc(C(=O)C(C)C)cc2)Nc2ccc(S(=O)(=O)Nc3ccc(C)c(Cl)c3)cc21. The van der Waals surface area contributed by atoms with Crippen LogP contribution in [0.15, 0.2) is 65.6 Å². The Morgan fingerprint density at radius 1 is 1.11 bits per heavy atom. The molecule has 1 aliphatic heterocycles. The van der Waals surface area contributed by atoms with Crippen LogP contribution in [0.1, 0.15) is 66.4 Å². The van der Waals surface area contributed by atoms with Gasteiger partial charge in [-0.25, -0.2) is 8.42 Å². The van der Waals surface area contributed by atoms with Crippen LogP contribution in [0, 0.1) is 12.8 Å². The number of ether oxygens (including phenoxy) is 1. The van der Waals surface area contributed by atoms with Crippen LogP contribution in [-0.4, -0.2) is 20.8 Å². The van der Waals surface area contributed by atoms with Crippen molar-refractivity contribution in [2.45, 2.75) is 51.2 Å². The fourth-order valence-corrected chi connectivity index (χ4v) is 5.62. The number of fused-ring (bicyclic) bond motifs is 1. The Kier molecular flexibility index (Phi) is 7.73. The number of anilines is 2. The van der Waals surface area contributed by atoms with Crippen LogP contribution in [0.5, 0.6) is 0 Å². The van der Waals surface area contributed by atoms with Gasteiger partial charge in [0.15, 0.2) is 5.78 Å². The molecule has 3 aromatic carbocycles. The van der Waals surface area contributed by atoms with Gasteiger partial charge in [-0.3, -0.25) is 9.52 Å². The van der Waals surface area contributed by atoms with Crippen LogP contribution < -0.4 is 10.0 Å². The number of carbonyl (C=O) groups excluding carboxylic acids is 1. The van der Waals surface area contributed by atoms with E-state index in [4.69, 9.17) is 16.3 Å². The summed E-state index contributed by atoms with van der Waals surface area (Å²) in [4.78, 5) is 12.4. The molecule has 190 valence electrons. The fourth-order valence-electron chi connectivity index (χ4n) is 4.36. The first-order valence-electron chi connectivity index (χ1n) is 12.0. The van der Waals surface area contributed by atoms with Gasteiger partial charge in [0.1, 0.15) is 0 Å². The molecule has 1 aliphatic rings. The summed E-state index contributed by atoms with van der Waals surface area (Å²) in [6.07, 6.45) is 0.347. The van der Waals surface area contributed by atoms with Crippen molar-refractivity contribution in [1.29, 1.82) is 0 Å². The summed E-state index contributed by atoms with van der Waals surface area (Å²) < 4.78 is 34.9. The van der Waals surface area contributed by atoms with Crippen molar-refractivity contribution in [3.8, 4) is 0 Å². The summed E-state index contributed by atoms with van der Waals surface area (Å²) in [5, 5.41) is 4.01. The smallest absolute Gasteiger partial charge is 0.261 e. The maximum atomic E-state index is 13.1. The van der Waals surface area contributed by atoms with Crippen molar-refractivity contribution in [3.63, 3.8) is 0 Å². The van der Waals surface area contributed by atoms with Crippen molar-refractivity contribution in [1.82, 2.24) is 0 Å². The second-order valence-corrected chi connectivity index (χ2v) is 11.4. The standard InChI is InChI=1S/C28H31ClN2O4S/c1-5-35-27-16-26(19-7-9-20(10-8-19)28(32)17(2)3)30-25-13-12-22(15-23(25)27)36(33,34)31-21-11-6-18(4)24(29)14-21/h6-15,17,26-27,30-31H,5,16H2,1-4H3. The second kappa shape index (κ2) is 10.6. The second-order valence-electron chi connectivity index (χ2n) is 9.34. The Labute approximate surface area is 218 Å². The first-order chi connectivity index (χ1) is 17.1. The van der Waals surface area contributed by atoms with E-state index in [2.05, 4.69) is 10.0 Å². The van der Waals surface area contributed by atoms with Gasteiger partial charge < -0.3 is 10.1 Å². The van der Waals surface area contributed by atoms with Gasteiger partial charge in [-0.2, -0.15) is 0 Å². The Morgan fingerprint density at radius 3 is 2.47 bits per heavy atom. The van der Waals surface area contributed by atoms with E-state index >= 15 is 0 Å². The lowest BCUT2D eigenvalue weighted by molar-refractivity contribution is 0.0497. The Hall–Kier alpha value is -2.87. The highest BCUT2D eigenvalue weighted by molar-refractivity contribution is 7.92. The molecule has 0 saturated carbocycles. The highest BCUT2D eigenvalue weighted by Gasteiger charge is 2.30. The summed E-state index contributed by atoms with van der Waals surface area (Å²) in [7, 11) is -3.82. The van der Waals surface area contributed by atoms with Crippen molar-refractivity contribution < 1.29 is 17.9 Å². The summed E-state index contributed by atoms with van der Waals surface area (Å²) >= 11 is 6.16. The predicted octanol–water partition coefficient (Wildman–Crippen LogP) is 6.92. The Balaban J connectivity index is 1.60. The average Bonchev–Trinajstić information content (AvgIpc) is 2.85. The van der Waals surface area contributed by atoms with Crippen LogP contribution >= 0.6 is 11.6 Å². The maximum absolute atomic E-state index is 13.1. The van der Waals surface area contributed by atoms with Crippen LogP contribution in [0.25, 0.3) is 0 Å². The number of sulfonamides is 1. The molecule has 2 N–H and O–H groups in total. The minimum Gasteiger partial charge on any atom is -0.378 e. The van der Waals surface area contributed by atoms with Gasteiger partial charge in [-0.1, -0.05) is 55.8 Å². The molecule has 1 heterocycles. The third-order valence-corrected chi connectivity index (χ3v) is 8.16. The third-order valence-electron chi connectivity index (χ3n) is 6.37. The number of hydrogen-bond donors (Lipinski definition) is 2. The quantitative estimate of drug-likeness (QED) is 0.311. The molecule has 0 radical (unpaired) electrons. The van der Waals surface area contributed by atoms with Gasteiger partial charge in [0.2, 0.25) is 0 Å². The van der Waals surface area contributed by atoms with E-state index in [1.807, 2.05) is 52.0 Å². The molecule has 6 nitrogen and oxygen atoms in total. The maximum Gasteiger partial charge on any atom is 0.261 e. The number of halogens is 1. The molecule has 3 aromatic rings. The lowest BCUT2D eigenvalue weighted by Crippen LogP contribution is -2.24. The zero-order valence-electron chi connectivity index (χ0n) is 20.8. The minimum atomic E-state index is -3.82. The third kappa shape index (κ3) is 5.59. The molecule has 0 bridgehead atoms. The van der Waals surface area contributed by atoms with Crippen molar-refractivity contribution in [2.24, 2.45) is 5.92 Å². The lowest BCUT2D eigenvalue weighted by atomic mass is 9.90. The van der Waals surface area contributed by atoms with E-state index in [0.29, 0.717) is 29.3 Å². The number of ketones is 1. The number of Topliss-reactive ketones (excluding diaryl/α,β-unsaturated/α-hetero) is 1. The van der Waals surface area contributed by atoms with Crippen LogP contribution in [0.2, 0.25) is 5.02 Å². The van der Waals surface area contributed by atoms with E-state index in [9.17, 15) is 13.2 Å². The number of rotatable bonds is 8. The molecule has 0 aliphatic carbocycles. The Morgan fingerprint density at radius 2 is 1.83 bits per heavy atom. The highest BCUT2D eigenvalue weighted by Crippen LogP contribution is 2.42. The Bertz CT molecular complexity index is 1370. The molecule has 8 heteroatoms. The number of carbonyl (C=O) groups is 1. The molecule has 0 saturated heterocycles. The molecule has 0 fully saturated rings. The molecular formula is C28H31ClN2O4S. The van der Waals surface area contributed by atoms with E-state index in [0.717, 1.165) is 22.4 Å². The molecular weight excluding hydrogens is 496 g/mol. The fraction of sp³-hybridized carbons (Fsp3) is 0.321. The average molecular weight is 527 g/mol. The molecule has 36 heavy (non-hydrogen) atoms. The van der Waals surface area contributed by atoms with Crippen LogP contribution in [0.3, 0.4) is 0 Å². The number of benzene rings is 3. The van der Waals surface area contributed by atoms with Crippen molar-refractivity contribution >= 4 is 38.8 Å². The molecule has 2 atom stereocenters. The highest BCUT2D eigenvalue weighted by atomic mass is 35.5. The number of nitrogens with one attached hydrogen (secondary N) is 2. The molecule has 4 rings (SSSR count). The molecule has 2 unspecified atom stereocenters. The van der Waals surface area contributed by atoms with E-state index < -0.39 is 10.0 Å². The lowest BCUT2D eigenvalue weighted by Gasteiger charge is -2.33. The van der Waals surface area contributed by atoms with Crippen molar-refractivity contribution in [2.75, 3.05) is 16.6 Å². The minimum absolute atomic E-state index is 0.0347. The van der Waals surface area contributed by atoms with E-state index in [-0.39, 0.29) is 28.7 Å². The topological polar surface area (TPSA) is 84.5 Å². The molecule has 0 aromatic heterocycles. The van der Waals surface area contributed by atoms with Gasteiger partial charge in [0.25, 0.3) is 10.0 Å². The summed E-state index contributed by atoms with van der Waals surface area (Å²) in [5.41, 5.74) is 4.63. The summed E-state index contributed by atoms with van der Waals surface area (Å²) in [6.45, 7) is 8.06. The van der Waals surface area contributed by atoms with Gasteiger partial charge in [-0.15, -0.1) is 0 Å². The first-order valence-corrected chi connectivity index (χ1v) is 13.9. The summed E-state index contributed by atoms with van der Waals surface area (Å²) in [6, 6.07) is 17.7. The predicted molar refractivity (Wildman–Crippen MR) is 144 cm³/mol. The number of aryl methyl sites for hydroxylation is 1. The normalized spacial score (nSPS) is 17.4. The first kappa shape index (κ1) is 26.2. The summed E-state index contributed by atoms with van der Waals surface area (Å²) in [5.74, 6) is 0.0618. The zero-order valence-corrected chi connectivity index (χ0v) is 22.4. The number of hydrogen-bond acceptors (Lipinski definition) is 5. The van der Waals surface area contributed by atoms with Crippen LogP contribution in [-0.2, 0) is 14.8 Å². The van der Waals surface area contributed by atoms with Gasteiger partial charge >= 0.3 is 0 Å². The van der Waals surface area contributed by atoms with Gasteiger partial charge in [-0.05, 0) is 55.3 Å². The van der Waals surface area contributed by atoms with Gasteiger partial charge in [0, 0.05) is 40.8 Å². The van der Waals surface area contributed by atoms with E-state index in [1.54, 1.807) is 36.4 Å². The molecule has 0 amide bonds. The molecule has 0 spiro atoms. The largest absolute Gasteiger partial charge is 0.378 e. The van der Waals surface area contributed by atoms with Crippen molar-refractivity contribution in [3.05, 3.63) is 87.9 Å². The van der Waals surface area contributed by atoms with Gasteiger partial charge in [0.05, 0.1) is 22.7 Å². The zero-order chi connectivity index (χ0) is 26.0. The monoisotopic (exact) mass is 526 g/mol. The van der Waals surface area contributed by atoms with E-state index in [1.165, 1.54) is 0 Å².